The number of thioether (sulfide) groups is 1. The normalized spacial score (nSPS) is 22.0. The van der Waals surface area contributed by atoms with Crippen LogP contribution in [0, 0.1) is 0 Å². The van der Waals surface area contributed by atoms with Crippen LogP contribution in [0.15, 0.2) is 30.3 Å². The third-order valence-electron chi connectivity index (χ3n) is 3.01. The van der Waals surface area contributed by atoms with Crippen LogP contribution in [0.4, 0.5) is 0 Å². The van der Waals surface area contributed by atoms with Gasteiger partial charge in [0.2, 0.25) is 5.91 Å². The van der Waals surface area contributed by atoms with Crippen LogP contribution in [0.2, 0.25) is 0 Å². The zero-order valence-electron chi connectivity index (χ0n) is 9.92. The molecule has 17 heavy (non-hydrogen) atoms. The van der Waals surface area contributed by atoms with Gasteiger partial charge in [-0.25, -0.2) is 0 Å². The van der Waals surface area contributed by atoms with E-state index in [-0.39, 0.29) is 17.2 Å². The minimum absolute atomic E-state index is 0.126. The summed E-state index contributed by atoms with van der Waals surface area (Å²) in [6.45, 7) is 4.11. The third kappa shape index (κ3) is 2.38. The van der Waals surface area contributed by atoms with Gasteiger partial charge in [0, 0.05) is 6.04 Å². The van der Waals surface area contributed by atoms with Crippen molar-refractivity contribution in [3.05, 3.63) is 35.9 Å². The first-order chi connectivity index (χ1) is 8.15. The molecule has 1 heterocycles. The van der Waals surface area contributed by atoms with Crippen LogP contribution in [-0.2, 0) is 4.79 Å². The molecule has 1 aromatic rings. The van der Waals surface area contributed by atoms with Crippen LogP contribution in [0.5, 0.6) is 0 Å². The third-order valence-corrected chi connectivity index (χ3v) is 4.60. The Morgan fingerprint density at radius 1 is 1.41 bits per heavy atom. The van der Waals surface area contributed by atoms with Crippen molar-refractivity contribution < 1.29 is 4.79 Å². The molecule has 0 saturated carbocycles. The second kappa shape index (κ2) is 5.19. The number of carbonyl (C=O) groups excluding carboxylic acids is 1. The zero-order chi connectivity index (χ0) is 12.4. The summed E-state index contributed by atoms with van der Waals surface area (Å²) in [5.41, 5.74) is 1.04. The van der Waals surface area contributed by atoms with Crippen molar-refractivity contribution in [3.63, 3.8) is 0 Å². The molecule has 1 aliphatic rings. The maximum Gasteiger partial charge on any atom is 0.246 e. The molecular weight excluding hydrogens is 250 g/mol. The topological polar surface area (TPSA) is 20.3 Å². The monoisotopic (exact) mass is 265 g/mol. The maximum atomic E-state index is 12.3. The molecule has 90 valence electrons. The summed E-state index contributed by atoms with van der Waals surface area (Å²) < 4.78 is 0.707. The molecule has 1 fully saturated rings. The molecule has 0 bridgehead atoms. The van der Waals surface area contributed by atoms with Gasteiger partial charge in [0.1, 0.15) is 9.57 Å². The molecule has 1 saturated heterocycles. The minimum atomic E-state index is -0.155. The standard InChI is InChI=1S/C13H15NOS2/c1-3-9(2)14-12(15)11(17-13(14)16)10-7-5-4-6-8-10/h4-9,11H,3H2,1-2H3. The van der Waals surface area contributed by atoms with E-state index in [0.717, 1.165) is 12.0 Å². The second-order valence-corrected chi connectivity index (χ2v) is 5.88. The van der Waals surface area contributed by atoms with E-state index in [4.69, 9.17) is 12.2 Å². The Bertz CT molecular complexity index is 432. The van der Waals surface area contributed by atoms with E-state index in [9.17, 15) is 4.79 Å². The largest absolute Gasteiger partial charge is 0.294 e. The predicted octanol–water partition coefficient (Wildman–Crippen LogP) is 3.39. The molecule has 2 unspecified atom stereocenters. The van der Waals surface area contributed by atoms with E-state index >= 15 is 0 Å². The summed E-state index contributed by atoms with van der Waals surface area (Å²) in [5.74, 6) is 0.126. The molecule has 0 aliphatic carbocycles. The molecule has 2 rings (SSSR count). The molecule has 2 nitrogen and oxygen atoms in total. The van der Waals surface area contributed by atoms with E-state index in [2.05, 4.69) is 6.92 Å². The smallest absolute Gasteiger partial charge is 0.246 e. The number of nitrogens with zero attached hydrogens (tertiary/aromatic N) is 1. The Kier molecular flexibility index (Phi) is 3.84. The average Bonchev–Trinajstić information content (AvgIpc) is 2.65. The van der Waals surface area contributed by atoms with Gasteiger partial charge in [0.25, 0.3) is 0 Å². The highest BCUT2D eigenvalue weighted by molar-refractivity contribution is 8.24. The van der Waals surface area contributed by atoms with Gasteiger partial charge in [-0.3, -0.25) is 9.69 Å². The van der Waals surface area contributed by atoms with Crippen LogP contribution in [-0.4, -0.2) is 21.2 Å². The van der Waals surface area contributed by atoms with Gasteiger partial charge in [-0.1, -0.05) is 61.2 Å². The summed E-state index contributed by atoms with van der Waals surface area (Å²) >= 11 is 6.79. The number of hydrogen-bond acceptors (Lipinski definition) is 3. The van der Waals surface area contributed by atoms with E-state index in [1.165, 1.54) is 11.8 Å². The molecule has 4 heteroatoms. The van der Waals surface area contributed by atoms with Gasteiger partial charge >= 0.3 is 0 Å². The Hall–Kier alpha value is -0.870. The van der Waals surface area contributed by atoms with Crippen molar-refractivity contribution in [1.82, 2.24) is 4.90 Å². The summed E-state index contributed by atoms with van der Waals surface area (Å²) in [7, 11) is 0. The van der Waals surface area contributed by atoms with E-state index in [1.807, 2.05) is 37.3 Å². The van der Waals surface area contributed by atoms with Crippen molar-refractivity contribution in [2.24, 2.45) is 0 Å². The first kappa shape index (κ1) is 12.6. The lowest BCUT2D eigenvalue weighted by Crippen LogP contribution is -2.36. The predicted molar refractivity (Wildman–Crippen MR) is 76.0 cm³/mol. The van der Waals surface area contributed by atoms with E-state index in [1.54, 1.807) is 4.90 Å². The van der Waals surface area contributed by atoms with Gasteiger partial charge < -0.3 is 0 Å². The fourth-order valence-corrected chi connectivity index (χ4v) is 3.49. The van der Waals surface area contributed by atoms with Crippen LogP contribution >= 0.6 is 24.0 Å². The lowest BCUT2D eigenvalue weighted by Gasteiger charge is -2.22. The number of amides is 1. The van der Waals surface area contributed by atoms with E-state index in [0.29, 0.717) is 4.32 Å². The lowest BCUT2D eigenvalue weighted by molar-refractivity contribution is -0.127. The van der Waals surface area contributed by atoms with Crippen molar-refractivity contribution in [2.75, 3.05) is 0 Å². The lowest BCUT2D eigenvalue weighted by atomic mass is 10.1. The molecule has 0 N–H and O–H groups in total. The number of benzene rings is 1. The second-order valence-electron chi connectivity index (χ2n) is 4.14. The number of thiocarbonyl (C=S) groups is 1. The minimum Gasteiger partial charge on any atom is -0.294 e. The Morgan fingerprint density at radius 2 is 2.06 bits per heavy atom. The Morgan fingerprint density at radius 3 is 2.65 bits per heavy atom. The number of carbonyl (C=O) groups is 1. The van der Waals surface area contributed by atoms with Crippen molar-refractivity contribution in [3.8, 4) is 0 Å². The molecule has 1 aliphatic heterocycles. The van der Waals surface area contributed by atoms with Gasteiger partial charge in [-0.15, -0.1) is 0 Å². The van der Waals surface area contributed by atoms with Gasteiger partial charge in [0.05, 0.1) is 0 Å². The first-order valence-corrected chi connectivity index (χ1v) is 7.02. The van der Waals surface area contributed by atoms with Crippen molar-refractivity contribution in [2.45, 2.75) is 31.6 Å². The van der Waals surface area contributed by atoms with Crippen LogP contribution in [0.1, 0.15) is 31.1 Å². The number of rotatable bonds is 3. The molecule has 1 aromatic carbocycles. The van der Waals surface area contributed by atoms with Crippen molar-refractivity contribution in [1.29, 1.82) is 0 Å². The van der Waals surface area contributed by atoms with E-state index < -0.39 is 0 Å². The summed E-state index contributed by atoms with van der Waals surface area (Å²) in [6.07, 6.45) is 0.925. The fraction of sp³-hybridized carbons (Fsp3) is 0.385. The fourth-order valence-electron chi connectivity index (χ4n) is 1.84. The quantitative estimate of drug-likeness (QED) is 0.781. The summed E-state index contributed by atoms with van der Waals surface area (Å²) in [6, 6.07) is 10.0. The highest BCUT2D eigenvalue weighted by Gasteiger charge is 2.39. The molecular formula is C13H15NOS2. The van der Waals surface area contributed by atoms with Gasteiger partial charge in [0.15, 0.2) is 0 Å². The maximum absolute atomic E-state index is 12.3. The first-order valence-electron chi connectivity index (χ1n) is 5.73. The van der Waals surface area contributed by atoms with Crippen LogP contribution < -0.4 is 0 Å². The summed E-state index contributed by atoms with van der Waals surface area (Å²) in [5, 5.41) is -0.155. The van der Waals surface area contributed by atoms with Crippen LogP contribution in [0.25, 0.3) is 0 Å². The molecule has 0 spiro atoms. The molecule has 1 amide bonds. The van der Waals surface area contributed by atoms with Gasteiger partial charge in [-0.2, -0.15) is 0 Å². The molecule has 2 atom stereocenters. The number of hydrogen-bond donors (Lipinski definition) is 0. The molecule has 0 radical (unpaired) electrons. The molecule has 0 aromatic heterocycles. The Balaban J connectivity index is 2.25. The average molecular weight is 265 g/mol. The summed E-state index contributed by atoms with van der Waals surface area (Å²) in [4.78, 5) is 14.1. The zero-order valence-corrected chi connectivity index (χ0v) is 11.6. The Labute approximate surface area is 111 Å². The van der Waals surface area contributed by atoms with Gasteiger partial charge in [-0.05, 0) is 18.9 Å². The van der Waals surface area contributed by atoms with Crippen LogP contribution in [0.3, 0.4) is 0 Å². The van der Waals surface area contributed by atoms with Crippen molar-refractivity contribution >= 4 is 34.2 Å². The SMILES string of the molecule is CCC(C)N1C(=O)C(c2ccccc2)SC1=S. The highest BCUT2D eigenvalue weighted by Crippen LogP contribution is 2.40. The highest BCUT2D eigenvalue weighted by atomic mass is 32.2.